The Morgan fingerprint density at radius 2 is 2.19 bits per heavy atom. The van der Waals surface area contributed by atoms with Crippen LogP contribution in [0.5, 0.6) is 0 Å². The van der Waals surface area contributed by atoms with E-state index in [1.54, 1.807) is 0 Å². The molecule has 2 aromatic heterocycles. The van der Waals surface area contributed by atoms with Crippen molar-refractivity contribution in [2.75, 3.05) is 13.1 Å². The van der Waals surface area contributed by atoms with Crippen molar-refractivity contribution >= 4 is 38.4 Å². The molecule has 0 saturated carbocycles. The van der Waals surface area contributed by atoms with Gasteiger partial charge < -0.3 is 10.1 Å². The van der Waals surface area contributed by atoms with Gasteiger partial charge in [0.2, 0.25) is 10.0 Å². The Labute approximate surface area is 160 Å². The molecule has 1 saturated heterocycles. The molecule has 2 N–H and O–H groups in total. The minimum absolute atomic E-state index is 0.0489. The number of aryl methyl sites for hydroxylation is 1. The molecule has 0 spiro atoms. The number of nitrogens with zero attached hydrogens (tertiary/aromatic N) is 2. The number of aromatic amines is 1. The molecule has 142 valence electrons. The van der Waals surface area contributed by atoms with Crippen LogP contribution in [0.15, 0.2) is 34.5 Å². The van der Waals surface area contributed by atoms with Gasteiger partial charge in [0.05, 0.1) is 11.0 Å². The third kappa shape index (κ3) is 3.15. The van der Waals surface area contributed by atoms with Gasteiger partial charge in [-0.05, 0) is 42.8 Å². The summed E-state index contributed by atoms with van der Waals surface area (Å²) in [4.78, 5) is 19.1. The molecule has 4 rings (SSSR count). The van der Waals surface area contributed by atoms with Gasteiger partial charge in [-0.2, -0.15) is 4.31 Å². The van der Waals surface area contributed by atoms with E-state index >= 15 is 0 Å². The van der Waals surface area contributed by atoms with E-state index in [0.717, 1.165) is 40.2 Å². The fraction of sp³-hybridized carbons (Fsp3) is 0.333. The number of carboxylic acid groups (broad SMARTS) is 1. The summed E-state index contributed by atoms with van der Waals surface area (Å²) in [5.74, 6) is -0.486. The number of imidazole rings is 1. The molecule has 1 aliphatic rings. The molecular weight excluding hydrogens is 386 g/mol. The molecule has 1 fully saturated rings. The van der Waals surface area contributed by atoms with E-state index in [4.69, 9.17) is 4.98 Å². The monoisotopic (exact) mass is 405 g/mol. The summed E-state index contributed by atoms with van der Waals surface area (Å²) in [5, 5.41) is 10.8. The Hall–Kier alpha value is -2.23. The highest BCUT2D eigenvalue weighted by molar-refractivity contribution is 7.89. The number of aromatic carboxylic acids is 1. The van der Waals surface area contributed by atoms with Gasteiger partial charge in [-0.25, -0.2) is 18.2 Å². The van der Waals surface area contributed by atoms with Crippen molar-refractivity contribution in [1.82, 2.24) is 14.3 Å². The molecule has 27 heavy (non-hydrogen) atoms. The van der Waals surface area contributed by atoms with Crippen molar-refractivity contribution in [1.29, 1.82) is 0 Å². The smallest absolute Gasteiger partial charge is 0.347 e. The van der Waals surface area contributed by atoms with E-state index in [-0.39, 0.29) is 22.2 Å². The number of benzene rings is 1. The molecule has 1 unspecified atom stereocenters. The first-order valence-electron chi connectivity index (χ1n) is 8.64. The first kappa shape index (κ1) is 18.1. The third-order valence-electron chi connectivity index (χ3n) is 4.94. The largest absolute Gasteiger partial charge is 0.477 e. The molecule has 0 amide bonds. The lowest BCUT2D eigenvalue weighted by Crippen LogP contribution is -2.39. The van der Waals surface area contributed by atoms with Crippen molar-refractivity contribution in [3.8, 4) is 0 Å². The SMILES string of the molecule is Cc1cccc2[nH]c(C3CCCN(S(=O)(=O)c4ccsc4C(=O)O)C3)nc12. The molecular formula is C18H19N3O4S2. The normalized spacial score (nSPS) is 18.8. The van der Waals surface area contributed by atoms with Crippen LogP contribution < -0.4 is 0 Å². The van der Waals surface area contributed by atoms with Crippen LogP contribution in [-0.4, -0.2) is 46.9 Å². The Kier molecular flexibility index (Phi) is 4.53. The molecule has 7 nitrogen and oxygen atoms in total. The van der Waals surface area contributed by atoms with Crippen LogP contribution in [-0.2, 0) is 10.0 Å². The Balaban J connectivity index is 1.65. The summed E-state index contributed by atoms with van der Waals surface area (Å²) in [5.41, 5.74) is 2.91. The molecule has 0 bridgehead atoms. The van der Waals surface area contributed by atoms with Crippen LogP contribution in [0.3, 0.4) is 0 Å². The van der Waals surface area contributed by atoms with E-state index in [0.29, 0.717) is 13.0 Å². The topological polar surface area (TPSA) is 103 Å². The quantitative estimate of drug-likeness (QED) is 0.694. The zero-order chi connectivity index (χ0) is 19.2. The fourth-order valence-corrected chi connectivity index (χ4v) is 6.32. The molecule has 3 aromatic rings. The predicted octanol–water partition coefficient (Wildman–Crippen LogP) is 3.20. The van der Waals surface area contributed by atoms with E-state index in [9.17, 15) is 18.3 Å². The zero-order valence-electron chi connectivity index (χ0n) is 14.7. The van der Waals surface area contributed by atoms with Crippen molar-refractivity contribution in [2.45, 2.75) is 30.6 Å². The highest BCUT2D eigenvalue weighted by Gasteiger charge is 2.35. The van der Waals surface area contributed by atoms with Gasteiger partial charge in [-0.3, -0.25) is 0 Å². The summed E-state index contributed by atoms with van der Waals surface area (Å²) in [6, 6.07) is 7.29. The van der Waals surface area contributed by atoms with Gasteiger partial charge in [-0.1, -0.05) is 12.1 Å². The highest BCUT2D eigenvalue weighted by Crippen LogP contribution is 2.32. The maximum Gasteiger partial charge on any atom is 0.347 e. The second kappa shape index (κ2) is 6.74. The predicted molar refractivity (Wildman–Crippen MR) is 103 cm³/mol. The average Bonchev–Trinajstić information content (AvgIpc) is 3.30. The second-order valence-corrected chi connectivity index (χ2v) is 9.54. The summed E-state index contributed by atoms with van der Waals surface area (Å²) in [7, 11) is -3.85. The molecule has 0 radical (unpaired) electrons. The summed E-state index contributed by atoms with van der Waals surface area (Å²) in [6.45, 7) is 2.66. The van der Waals surface area contributed by atoms with Gasteiger partial charge >= 0.3 is 5.97 Å². The number of carboxylic acids is 1. The van der Waals surface area contributed by atoms with E-state index < -0.39 is 16.0 Å². The lowest BCUT2D eigenvalue weighted by molar-refractivity contribution is 0.0698. The van der Waals surface area contributed by atoms with Crippen LogP contribution in [0, 0.1) is 6.92 Å². The number of hydrogen-bond acceptors (Lipinski definition) is 5. The third-order valence-corrected chi connectivity index (χ3v) is 7.88. The maximum absolute atomic E-state index is 13.0. The van der Waals surface area contributed by atoms with E-state index in [1.807, 2.05) is 25.1 Å². The van der Waals surface area contributed by atoms with Crippen molar-refractivity contribution in [3.63, 3.8) is 0 Å². The average molecular weight is 406 g/mol. The van der Waals surface area contributed by atoms with Crippen LogP contribution in [0.25, 0.3) is 11.0 Å². The van der Waals surface area contributed by atoms with E-state index in [1.165, 1.54) is 15.8 Å². The number of para-hydroxylation sites is 1. The lowest BCUT2D eigenvalue weighted by atomic mass is 9.99. The van der Waals surface area contributed by atoms with Gasteiger partial charge in [-0.15, -0.1) is 11.3 Å². The molecule has 1 aliphatic heterocycles. The number of carbonyl (C=O) groups is 1. The van der Waals surface area contributed by atoms with Gasteiger partial charge in [0.25, 0.3) is 0 Å². The van der Waals surface area contributed by atoms with Crippen LogP contribution >= 0.6 is 11.3 Å². The van der Waals surface area contributed by atoms with Gasteiger partial charge in [0, 0.05) is 19.0 Å². The van der Waals surface area contributed by atoms with Gasteiger partial charge in [0.1, 0.15) is 15.6 Å². The Morgan fingerprint density at radius 1 is 1.37 bits per heavy atom. The number of rotatable bonds is 4. The second-order valence-electron chi connectivity index (χ2n) is 6.71. The van der Waals surface area contributed by atoms with E-state index in [2.05, 4.69) is 4.98 Å². The number of aromatic nitrogens is 2. The Morgan fingerprint density at radius 3 is 2.93 bits per heavy atom. The zero-order valence-corrected chi connectivity index (χ0v) is 16.3. The lowest BCUT2D eigenvalue weighted by Gasteiger charge is -2.30. The molecule has 1 aromatic carbocycles. The highest BCUT2D eigenvalue weighted by atomic mass is 32.2. The number of nitrogens with one attached hydrogen (secondary N) is 1. The summed E-state index contributed by atoms with van der Waals surface area (Å²) in [6.07, 6.45) is 1.53. The van der Waals surface area contributed by atoms with Crippen molar-refractivity contribution in [2.24, 2.45) is 0 Å². The fourth-order valence-electron chi connectivity index (χ4n) is 3.57. The van der Waals surface area contributed by atoms with Crippen LogP contribution in [0.1, 0.15) is 39.8 Å². The number of H-pyrrole nitrogens is 1. The maximum atomic E-state index is 13.0. The summed E-state index contributed by atoms with van der Waals surface area (Å²) < 4.78 is 27.4. The molecule has 3 heterocycles. The minimum atomic E-state index is -3.85. The summed E-state index contributed by atoms with van der Waals surface area (Å²) >= 11 is 0.926. The van der Waals surface area contributed by atoms with Crippen molar-refractivity contribution in [3.05, 3.63) is 45.9 Å². The Bertz CT molecular complexity index is 1120. The molecule has 9 heteroatoms. The standard InChI is InChI=1S/C18H19N3O4S2/c1-11-4-2-6-13-15(11)20-17(19-13)12-5-3-8-21(10-12)27(24,25)14-7-9-26-16(14)18(22)23/h2,4,6-7,9,12H,3,5,8,10H2,1H3,(H,19,20)(H,22,23). The molecule has 1 atom stereocenters. The van der Waals surface area contributed by atoms with Gasteiger partial charge in [0.15, 0.2) is 0 Å². The van der Waals surface area contributed by atoms with Crippen LogP contribution in [0.4, 0.5) is 0 Å². The van der Waals surface area contributed by atoms with Crippen LogP contribution in [0.2, 0.25) is 0 Å². The minimum Gasteiger partial charge on any atom is -0.477 e. The number of fused-ring (bicyclic) bond motifs is 1. The number of sulfonamides is 1. The van der Waals surface area contributed by atoms with Crippen molar-refractivity contribution < 1.29 is 18.3 Å². The first-order valence-corrected chi connectivity index (χ1v) is 11.0. The first-order chi connectivity index (χ1) is 12.9. The number of piperidine rings is 1. The number of thiophene rings is 1. The molecule has 0 aliphatic carbocycles. The number of hydrogen-bond donors (Lipinski definition) is 2.